The predicted octanol–water partition coefficient (Wildman–Crippen LogP) is 1.79. The molecule has 0 radical (unpaired) electrons. The van der Waals surface area contributed by atoms with Crippen molar-refractivity contribution in [2.75, 3.05) is 19.6 Å². The molecule has 0 aromatic carbocycles. The van der Waals surface area contributed by atoms with Gasteiger partial charge in [-0.25, -0.2) is 0 Å². The molecule has 1 aliphatic rings. The Hall–Kier alpha value is 0.310. The third-order valence-corrected chi connectivity index (χ3v) is 2.83. The highest BCUT2D eigenvalue weighted by atomic mass is 32.1. The van der Waals surface area contributed by atoms with E-state index in [2.05, 4.69) is 31.4 Å². The fourth-order valence-electron chi connectivity index (χ4n) is 1.35. The molecule has 0 amide bonds. The number of hydrogen-bond acceptors (Lipinski definition) is 2. The van der Waals surface area contributed by atoms with Crippen LogP contribution in [0.3, 0.4) is 0 Å². The van der Waals surface area contributed by atoms with E-state index in [1.807, 2.05) is 0 Å². The van der Waals surface area contributed by atoms with Crippen molar-refractivity contribution < 1.29 is 0 Å². The van der Waals surface area contributed by atoms with Crippen LogP contribution < -0.4 is 0 Å². The van der Waals surface area contributed by atoms with Crippen molar-refractivity contribution in [3.05, 3.63) is 0 Å². The van der Waals surface area contributed by atoms with Crippen molar-refractivity contribution in [2.24, 2.45) is 0 Å². The average molecular weight is 159 g/mol. The molecule has 1 heterocycles. The van der Waals surface area contributed by atoms with E-state index in [0.29, 0.717) is 4.75 Å². The molecule has 1 saturated heterocycles. The summed E-state index contributed by atoms with van der Waals surface area (Å²) in [5, 5.41) is 0. The van der Waals surface area contributed by atoms with Gasteiger partial charge in [-0.2, -0.15) is 12.6 Å². The molecule has 0 aliphatic carbocycles. The Labute approximate surface area is 69.2 Å². The van der Waals surface area contributed by atoms with E-state index in [-0.39, 0.29) is 0 Å². The van der Waals surface area contributed by atoms with Crippen molar-refractivity contribution >= 4 is 12.6 Å². The van der Waals surface area contributed by atoms with Gasteiger partial charge in [-0.3, -0.25) is 0 Å². The predicted molar refractivity (Wildman–Crippen MR) is 48.7 cm³/mol. The summed E-state index contributed by atoms with van der Waals surface area (Å²) in [4.78, 5) is 2.48. The monoisotopic (exact) mass is 159 g/mol. The van der Waals surface area contributed by atoms with Crippen LogP contribution in [-0.4, -0.2) is 29.3 Å². The van der Waals surface area contributed by atoms with Crippen molar-refractivity contribution in [3.8, 4) is 0 Å². The molecule has 0 aromatic heterocycles. The summed E-state index contributed by atoms with van der Waals surface area (Å²) in [6.07, 6.45) is 2.48. The highest BCUT2D eigenvalue weighted by Crippen LogP contribution is 2.27. The van der Waals surface area contributed by atoms with Gasteiger partial charge in [0.1, 0.15) is 0 Å². The largest absolute Gasteiger partial charge is 0.304 e. The third-order valence-electron chi connectivity index (χ3n) is 2.38. The molecule has 0 atom stereocenters. The minimum absolute atomic E-state index is 0.311. The smallest absolute Gasteiger partial charge is 0.0126 e. The molecule has 1 nitrogen and oxygen atoms in total. The van der Waals surface area contributed by atoms with Gasteiger partial charge in [0.25, 0.3) is 0 Å². The van der Waals surface area contributed by atoms with Crippen molar-refractivity contribution in [3.63, 3.8) is 0 Å². The fourth-order valence-corrected chi connectivity index (χ4v) is 1.55. The first kappa shape index (κ1) is 8.41. The zero-order valence-corrected chi connectivity index (χ0v) is 7.82. The van der Waals surface area contributed by atoms with Gasteiger partial charge >= 0.3 is 0 Å². The first-order valence-corrected chi connectivity index (χ1v) is 4.53. The number of thiol groups is 1. The first-order valence-electron chi connectivity index (χ1n) is 4.09. The van der Waals surface area contributed by atoms with Crippen molar-refractivity contribution in [1.29, 1.82) is 0 Å². The van der Waals surface area contributed by atoms with Crippen molar-refractivity contribution in [1.82, 2.24) is 4.90 Å². The van der Waals surface area contributed by atoms with E-state index in [0.717, 1.165) is 0 Å². The summed E-state index contributed by atoms with van der Waals surface area (Å²) in [6, 6.07) is 0. The molecule has 1 aliphatic heterocycles. The molecule has 0 unspecified atom stereocenters. The fraction of sp³-hybridized carbons (Fsp3) is 1.00. The first-order chi connectivity index (χ1) is 4.64. The average Bonchev–Trinajstić information content (AvgIpc) is 1.88. The Balaban J connectivity index is 2.31. The summed E-state index contributed by atoms with van der Waals surface area (Å²) >= 11 is 4.57. The van der Waals surface area contributed by atoms with Gasteiger partial charge in [-0.05, 0) is 32.5 Å². The molecule has 0 bridgehead atoms. The summed E-state index contributed by atoms with van der Waals surface area (Å²) in [5.74, 6) is 0. The van der Waals surface area contributed by atoms with Gasteiger partial charge in [-0.1, -0.05) is 13.8 Å². The molecule has 0 spiro atoms. The van der Waals surface area contributed by atoms with Crippen LogP contribution in [0, 0.1) is 0 Å². The van der Waals surface area contributed by atoms with E-state index in [1.54, 1.807) is 0 Å². The Morgan fingerprint density at radius 1 is 1.40 bits per heavy atom. The number of nitrogens with zero attached hydrogens (tertiary/aromatic N) is 1. The van der Waals surface area contributed by atoms with Gasteiger partial charge < -0.3 is 4.90 Å². The molecule has 0 N–H and O–H groups in total. The second-order valence-electron chi connectivity index (χ2n) is 3.43. The molecule has 2 heteroatoms. The lowest BCUT2D eigenvalue weighted by Crippen LogP contribution is -2.39. The lowest BCUT2D eigenvalue weighted by Gasteiger charge is -2.35. The molecule has 60 valence electrons. The number of hydrogen-bond donors (Lipinski definition) is 1. The Bertz CT molecular complexity index is 102. The topological polar surface area (TPSA) is 3.24 Å². The van der Waals surface area contributed by atoms with Gasteiger partial charge in [0.15, 0.2) is 0 Å². The molecule has 0 aromatic rings. The molecule has 1 rings (SSSR count). The summed E-state index contributed by atoms with van der Waals surface area (Å²) in [7, 11) is 0. The van der Waals surface area contributed by atoms with E-state index in [9.17, 15) is 0 Å². The summed E-state index contributed by atoms with van der Waals surface area (Å²) < 4.78 is 0.311. The van der Waals surface area contributed by atoms with Crippen LogP contribution in [0.5, 0.6) is 0 Å². The van der Waals surface area contributed by atoms with Gasteiger partial charge in [0.05, 0.1) is 0 Å². The molecule has 0 saturated carbocycles. The minimum Gasteiger partial charge on any atom is -0.304 e. The maximum Gasteiger partial charge on any atom is 0.0126 e. The quantitative estimate of drug-likeness (QED) is 0.571. The van der Waals surface area contributed by atoms with Crippen LogP contribution in [0.4, 0.5) is 0 Å². The molecular formula is C8H17NS. The lowest BCUT2D eigenvalue weighted by atomic mass is 9.98. The van der Waals surface area contributed by atoms with Crippen LogP contribution in [0.1, 0.15) is 26.7 Å². The van der Waals surface area contributed by atoms with Gasteiger partial charge in [-0.15, -0.1) is 0 Å². The maximum absolute atomic E-state index is 4.57. The van der Waals surface area contributed by atoms with E-state index < -0.39 is 0 Å². The zero-order chi connectivity index (χ0) is 7.61. The second-order valence-corrected chi connectivity index (χ2v) is 4.51. The van der Waals surface area contributed by atoms with Crippen LogP contribution in [0.15, 0.2) is 0 Å². The minimum atomic E-state index is 0.311. The highest BCUT2D eigenvalue weighted by molar-refractivity contribution is 7.81. The Kier molecular flexibility index (Phi) is 2.64. The van der Waals surface area contributed by atoms with Crippen molar-refractivity contribution in [2.45, 2.75) is 31.4 Å². The Morgan fingerprint density at radius 2 is 1.90 bits per heavy atom. The molecular weight excluding hydrogens is 142 g/mol. The van der Waals surface area contributed by atoms with Crippen LogP contribution >= 0.6 is 12.6 Å². The van der Waals surface area contributed by atoms with Gasteiger partial charge in [0.2, 0.25) is 0 Å². The number of likely N-dealkylation sites (tertiary alicyclic amines) is 1. The molecule has 10 heavy (non-hydrogen) atoms. The lowest BCUT2D eigenvalue weighted by molar-refractivity contribution is 0.217. The normalized spacial score (nSPS) is 26.7. The van der Waals surface area contributed by atoms with E-state index in [1.165, 1.54) is 32.5 Å². The number of rotatable bonds is 1. The highest BCUT2D eigenvalue weighted by Gasteiger charge is 2.24. The standard InChI is InChI=1S/C8H17NS/c1-3-9-6-4-8(2,10)5-7-9/h10H,3-7H2,1-2H3. The van der Waals surface area contributed by atoms with E-state index >= 15 is 0 Å². The van der Waals surface area contributed by atoms with Crippen LogP contribution in [-0.2, 0) is 0 Å². The maximum atomic E-state index is 4.57. The SMILES string of the molecule is CCN1CCC(C)(S)CC1. The van der Waals surface area contributed by atoms with E-state index in [4.69, 9.17) is 0 Å². The van der Waals surface area contributed by atoms with Crippen LogP contribution in [0.2, 0.25) is 0 Å². The Morgan fingerprint density at radius 3 is 2.30 bits per heavy atom. The van der Waals surface area contributed by atoms with Gasteiger partial charge in [0, 0.05) is 4.75 Å². The van der Waals surface area contributed by atoms with Crippen LogP contribution in [0.25, 0.3) is 0 Å². The summed E-state index contributed by atoms with van der Waals surface area (Å²) in [6.45, 7) is 8.13. The third kappa shape index (κ3) is 2.17. The zero-order valence-electron chi connectivity index (χ0n) is 6.93. The summed E-state index contributed by atoms with van der Waals surface area (Å²) in [5.41, 5.74) is 0. The molecule has 1 fully saturated rings. The number of piperidine rings is 1. The second kappa shape index (κ2) is 3.14.